The molecule has 69 heavy (non-hydrogen) atoms. The van der Waals surface area contributed by atoms with Crippen LogP contribution < -0.4 is 4.90 Å². The molecule has 0 spiro atoms. The second-order valence-electron chi connectivity index (χ2n) is 18.3. The second kappa shape index (κ2) is 15.6. The molecule has 2 aliphatic rings. The van der Waals surface area contributed by atoms with Gasteiger partial charge in [0, 0.05) is 33.5 Å². The van der Waals surface area contributed by atoms with Gasteiger partial charge in [0.15, 0.2) is 0 Å². The van der Waals surface area contributed by atoms with E-state index in [1.807, 2.05) is 0 Å². The van der Waals surface area contributed by atoms with Crippen molar-refractivity contribution in [2.45, 2.75) is 5.41 Å². The zero-order valence-corrected chi connectivity index (χ0v) is 37.8. The molecule has 0 bridgehead atoms. The van der Waals surface area contributed by atoms with Gasteiger partial charge in [-0.1, -0.05) is 206 Å². The van der Waals surface area contributed by atoms with Crippen molar-refractivity contribution in [3.63, 3.8) is 0 Å². The van der Waals surface area contributed by atoms with Gasteiger partial charge >= 0.3 is 0 Å². The van der Waals surface area contributed by atoms with Crippen molar-refractivity contribution in [1.29, 1.82) is 0 Å². The molecule has 0 amide bonds. The number of rotatable bonds is 6. The van der Waals surface area contributed by atoms with Crippen LogP contribution in [0.25, 0.3) is 83.1 Å². The van der Waals surface area contributed by atoms with Crippen LogP contribution in [0.5, 0.6) is 0 Å². The number of aromatic nitrogens is 1. The maximum Gasteiger partial charge on any atom is 0.0713 e. The minimum absolute atomic E-state index is 0.494. The molecule has 0 radical (unpaired) electrons. The number of para-hydroxylation sites is 2. The van der Waals surface area contributed by atoms with E-state index in [0.29, 0.717) is 0 Å². The lowest BCUT2D eigenvalue weighted by molar-refractivity contribution is 0.768. The molecule has 11 aromatic carbocycles. The minimum Gasteiger partial charge on any atom is -0.310 e. The van der Waals surface area contributed by atoms with Gasteiger partial charge in [-0.15, -0.1) is 0 Å². The first-order valence-corrected chi connectivity index (χ1v) is 23.9. The lowest BCUT2D eigenvalue weighted by Crippen LogP contribution is -2.28. The van der Waals surface area contributed by atoms with E-state index in [1.54, 1.807) is 0 Å². The van der Waals surface area contributed by atoms with Gasteiger partial charge in [0.1, 0.15) is 0 Å². The highest BCUT2D eigenvalue weighted by Crippen LogP contribution is 2.57. The summed E-state index contributed by atoms with van der Waals surface area (Å²) in [5.41, 5.74) is 23.8. The summed E-state index contributed by atoms with van der Waals surface area (Å²) >= 11 is 0. The fourth-order valence-corrected chi connectivity index (χ4v) is 12.0. The molecule has 1 heterocycles. The van der Waals surface area contributed by atoms with E-state index in [1.165, 1.54) is 99.7 Å². The van der Waals surface area contributed by atoms with E-state index in [-0.39, 0.29) is 0 Å². The maximum atomic E-state index is 2.46. The van der Waals surface area contributed by atoms with E-state index < -0.39 is 5.41 Å². The molecule has 2 heteroatoms. The fourth-order valence-electron chi connectivity index (χ4n) is 12.0. The molecular weight excluding hydrogens is 833 g/mol. The van der Waals surface area contributed by atoms with Crippen LogP contribution in [-0.2, 0) is 5.41 Å². The number of benzene rings is 11. The number of nitrogens with zero attached hydrogens (tertiary/aromatic N) is 2. The lowest BCUT2D eigenvalue weighted by atomic mass is 9.68. The van der Waals surface area contributed by atoms with Crippen molar-refractivity contribution >= 4 is 38.9 Å². The standard InChI is InChI=1S/C67H44N2/c1-3-19-45(20-4-1)67(63-32-16-13-29-58(63)59-30-14-17-33-64(59)67)46-35-37-48(38-36-46)68(50-40-42-66-62(44-50)60-31-15-18-34-65(60)69(66)47-21-5-2-6-22-47)49-39-41-57-55-27-10-9-25-53(55)51-23-7-8-24-52(51)54-26-11-12-28-56(54)61(57)43-49/h1-44H. The Kier molecular flexibility index (Phi) is 8.84. The molecule has 0 atom stereocenters. The largest absolute Gasteiger partial charge is 0.310 e. The van der Waals surface area contributed by atoms with Crippen LogP contribution in [0.1, 0.15) is 22.3 Å². The second-order valence-corrected chi connectivity index (χ2v) is 18.3. The number of hydrogen-bond donors (Lipinski definition) is 0. The Labute approximate surface area is 402 Å². The van der Waals surface area contributed by atoms with Crippen LogP contribution in [0, 0.1) is 0 Å². The summed E-state index contributed by atoms with van der Waals surface area (Å²) in [4.78, 5) is 2.46. The number of fused-ring (bicyclic) bond motifs is 14. The van der Waals surface area contributed by atoms with Crippen LogP contribution in [0.2, 0.25) is 0 Å². The van der Waals surface area contributed by atoms with Crippen LogP contribution in [0.4, 0.5) is 17.1 Å². The molecule has 0 aliphatic heterocycles. The molecule has 0 N–H and O–H groups in total. The Bertz CT molecular complexity index is 3900. The van der Waals surface area contributed by atoms with E-state index in [0.717, 1.165) is 22.7 Å². The van der Waals surface area contributed by atoms with E-state index in [2.05, 4.69) is 276 Å². The highest BCUT2D eigenvalue weighted by Gasteiger charge is 2.45. The van der Waals surface area contributed by atoms with Gasteiger partial charge in [0.25, 0.3) is 0 Å². The van der Waals surface area contributed by atoms with Gasteiger partial charge in [-0.25, -0.2) is 0 Å². The Morgan fingerprint density at radius 2 is 0.667 bits per heavy atom. The van der Waals surface area contributed by atoms with Crippen molar-refractivity contribution in [3.05, 3.63) is 289 Å². The third-order valence-electron chi connectivity index (χ3n) is 14.8. The van der Waals surface area contributed by atoms with Crippen molar-refractivity contribution in [1.82, 2.24) is 4.57 Å². The van der Waals surface area contributed by atoms with Gasteiger partial charge in [0.2, 0.25) is 0 Å². The van der Waals surface area contributed by atoms with Crippen LogP contribution in [0.15, 0.2) is 267 Å². The smallest absolute Gasteiger partial charge is 0.0713 e. The molecule has 322 valence electrons. The first kappa shape index (κ1) is 39.2. The highest BCUT2D eigenvalue weighted by molar-refractivity contribution is 6.11. The van der Waals surface area contributed by atoms with Crippen LogP contribution >= 0.6 is 0 Å². The first-order chi connectivity index (χ1) is 34.3. The molecule has 1 aromatic heterocycles. The Balaban J connectivity index is 1.01. The van der Waals surface area contributed by atoms with Crippen molar-refractivity contribution in [2.24, 2.45) is 0 Å². The predicted octanol–water partition coefficient (Wildman–Crippen LogP) is 17.6. The third-order valence-corrected chi connectivity index (χ3v) is 14.8. The topological polar surface area (TPSA) is 8.17 Å². The van der Waals surface area contributed by atoms with Crippen LogP contribution in [0.3, 0.4) is 0 Å². The van der Waals surface area contributed by atoms with Gasteiger partial charge in [-0.05, 0) is 139 Å². The van der Waals surface area contributed by atoms with Gasteiger partial charge in [-0.3, -0.25) is 0 Å². The summed E-state index contributed by atoms with van der Waals surface area (Å²) in [5.74, 6) is 0. The Morgan fingerprint density at radius 3 is 1.26 bits per heavy atom. The van der Waals surface area contributed by atoms with E-state index in [9.17, 15) is 0 Å². The van der Waals surface area contributed by atoms with Gasteiger partial charge in [-0.2, -0.15) is 0 Å². The van der Waals surface area contributed by atoms with E-state index >= 15 is 0 Å². The fraction of sp³-hybridized carbons (Fsp3) is 0.0149. The average molecular weight is 877 g/mol. The Hall–Kier alpha value is -8.98. The van der Waals surface area contributed by atoms with Crippen molar-refractivity contribution in [2.75, 3.05) is 4.90 Å². The van der Waals surface area contributed by atoms with Gasteiger partial charge in [0.05, 0.1) is 16.4 Å². The molecule has 14 rings (SSSR count). The first-order valence-electron chi connectivity index (χ1n) is 23.9. The monoisotopic (exact) mass is 876 g/mol. The predicted molar refractivity (Wildman–Crippen MR) is 288 cm³/mol. The summed E-state index contributed by atoms with van der Waals surface area (Å²) in [6, 6.07) is 98.8. The maximum absolute atomic E-state index is 2.46. The minimum atomic E-state index is -0.494. The average Bonchev–Trinajstić information content (AvgIpc) is 3.92. The van der Waals surface area contributed by atoms with E-state index in [4.69, 9.17) is 0 Å². The molecule has 0 saturated heterocycles. The normalized spacial score (nSPS) is 12.8. The van der Waals surface area contributed by atoms with Crippen molar-refractivity contribution < 1.29 is 0 Å². The van der Waals surface area contributed by atoms with Crippen molar-refractivity contribution in [3.8, 4) is 61.3 Å². The SMILES string of the molecule is c1ccc(-n2c3ccccc3c3cc(N(c4ccc(C5(c6ccccc6)c6ccccc6-c6ccccc65)cc4)c4ccc5c(c4)-c4ccccc4-c4ccccc4-c4ccccc4-5)ccc32)cc1. The van der Waals surface area contributed by atoms with Gasteiger partial charge < -0.3 is 9.47 Å². The zero-order chi connectivity index (χ0) is 45.5. The molecular formula is C67H44N2. The zero-order valence-electron chi connectivity index (χ0n) is 37.8. The molecule has 2 nitrogen and oxygen atoms in total. The summed E-state index contributed by atoms with van der Waals surface area (Å²) in [5, 5.41) is 2.43. The number of anilines is 3. The van der Waals surface area contributed by atoms with Crippen LogP contribution in [-0.4, -0.2) is 4.57 Å². The molecule has 0 unspecified atom stereocenters. The quantitative estimate of drug-likeness (QED) is 0.162. The Morgan fingerprint density at radius 1 is 0.261 bits per heavy atom. The highest BCUT2D eigenvalue weighted by atomic mass is 15.1. The summed E-state index contributed by atoms with van der Waals surface area (Å²) in [7, 11) is 0. The number of hydrogen-bond acceptors (Lipinski definition) is 1. The molecule has 2 aliphatic carbocycles. The third kappa shape index (κ3) is 5.86. The summed E-state index contributed by atoms with van der Waals surface area (Å²) in [6.07, 6.45) is 0. The molecule has 0 fully saturated rings. The molecule has 12 aromatic rings. The molecule has 0 saturated carbocycles. The summed E-state index contributed by atoms with van der Waals surface area (Å²) < 4.78 is 2.39. The lowest BCUT2D eigenvalue weighted by Gasteiger charge is -2.34. The summed E-state index contributed by atoms with van der Waals surface area (Å²) in [6.45, 7) is 0.